The van der Waals surface area contributed by atoms with Gasteiger partial charge in [0.1, 0.15) is 5.82 Å². The fraction of sp³-hybridized carbons (Fsp3) is 0.231. The monoisotopic (exact) mass is 430 g/mol. The summed E-state index contributed by atoms with van der Waals surface area (Å²) in [5.74, 6) is -0.900. The van der Waals surface area contributed by atoms with Crippen LogP contribution in [0.4, 0.5) is 10.1 Å². The molecule has 3 aromatic rings. The highest BCUT2D eigenvalue weighted by molar-refractivity contribution is 6.07. The highest BCUT2D eigenvalue weighted by atomic mass is 19.1. The number of aliphatic hydroxyl groups is 1. The molecule has 32 heavy (non-hydrogen) atoms. The Kier molecular flexibility index (Phi) is 5.23. The summed E-state index contributed by atoms with van der Waals surface area (Å²) >= 11 is 0. The summed E-state index contributed by atoms with van der Waals surface area (Å²) in [5, 5.41) is 10.1. The van der Waals surface area contributed by atoms with Crippen molar-refractivity contribution >= 4 is 17.5 Å². The van der Waals surface area contributed by atoms with Crippen LogP contribution in [0.15, 0.2) is 78.9 Å². The number of likely N-dealkylation sites (tertiary alicyclic amines) is 1. The number of halogens is 1. The maximum Gasteiger partial charge on any atom is 0.258 e. The van der Waals surface area contributed by atoms with Gasteiger partial charge in [0.15, 0.2) is 0 Å². The Morgan fingerprint density at radius 1 is 0.969 bits per heavy atom. The van der Waals surface area contributed by atoms with Gasteiger partial charge in [-0.25, -0.2) is 4.39 Å². The predicted molar refractivity (Wildman–Crippen MR) is 119 cm³/mol. The molecule has 0 aliphatic carbocycles. The maximum atomic E-state index is 13.8. The minimum atomic E-state index is -0.470. The summed E-state index contributed by atoms with van der Waals surface area (Å²) in [6.45, 7) is 0.155. The summed E-state index contributed by atoms with van der Waals surface area (Å²) < 4.78 is 13.8. The van der Waals surface area contributed by atoms with Crippen LogP contribution in [0.2, 0.25) is 0 Å². The molecule has 6 heteroatoms. The van der Waals surface area contributed by atoms with Crippen molar-refractivity contribution in [2.45, 2.75) is 24.4 Å². The van der Waals surface area contributed by atoms with Crippen LogP contribution >= 0.6 is 0 Å². The van der Waals surface area contributed by atoms with Gasteiger partial charge in [0, 0.05) is 23.7 Å². The Balaban J connectivity index is 1.48. The SMILES string of the molecule is O=C(c1cccc(F)c1)N1C[C@H]2[C@@H](c3ccccc31)[C@H](CO)N2C(=O)Cc1ccccc1. The average Bonchev–Trinajstić information content (AvgIpc) is 2.79. The number of rotatable bonds is 4. The van der Waals surface area contributed by atoms with Crippen molar-refractivity contribution in [3.05, 3.63) is 101 Å². The largest absolute Gasteiger partial charge is 0.394 e. The van der Waals surface area contributed by atoms with Crippen molar-refractivity contribution in [3.63, 3.8) is 0 Å². The Labute approximate surface area is 185 Å². The van der Waals surface area contributed by atoms with Crippen LogP contribution in [0, 0.1) is 5.82 Å². The molecule has 5 nitrogen and oxygen atoms in total. The fourth-order valence-corrected chi connectivity index (χ4v) is 5.07. The standard InChI is InChI=1S/C26H23FN2O3/c27-19-10-6-9-18(14-19)26(32)28-15-22-25(20-11-4-5-12-21(20)28)23(16-30)29(22)24(31)13-17-7-2-1-3-8-17/h1-12,14,22-23,25,30H,13,15-16H2/t22-,23-,25+/m0/s1. The molecule has 0 unspecified atom stereocenters. The van der Waals surface area contributed by atoms with E-state index < -0.39 is 5.82 Å². The molecule has 5 rings (SSSR count). The number of nitrogens with zero attached hydrogens (tertiary/aromatic N) is 2. The summed E-state index contributed by atoms with van der Waals surface area (Å²) in [6, 6.07) is 22.1. The van der Waals surface area contributed by atoms with Crippen LogP contribution in [0.1, 0.15) is 27.4 Å². The van der Waals surface area contributed by atoms with Gasteiger partial charge in [0.2, 0.25) is 5.91 Å². The number of benzene rings is 3. The highest BCUT2D eigenvalue weighted by Crippen LogP contribution is 2.48. The molecule has 0 saturated carbocycles. The second-order valence-corrected chi connectivity index (χ2v) is 8.29. The van der Waals surface area contributed by atoms with Gasteiger partial charge in [-0.3, -0.25) is 9.59 Å². The Hall–Kier alpha value is -3.51. The van der Waals surface area contributed by atoms with E-state index in [1.54, 1.807) is 15.9 Å². The molecule has 2 heterocycles. The first-order valence-corrected chi connectivity index (χ1v) is 10.7. The second kappa shape index (κ2) is 8.20. The third-order valence-corrected chi connectivity index (χ3v) is 6.49. The molecule has 2 aliphatic rings. The molecule has 0 aromatic heterocycles. The van der Waals surface area contributed by atoms with E-state index in [1.165, 1.54) is 18.2 Å². The van der Waals surface area contributed by atoms with Gasteiger partial charge in [-0.1, -0.05) is 54.6 Å². The lowest BCUT2D eigenvalue weighted by Crippen LogP contribution is -2.71. The maximum absolute atomic E-state index is 13.8. The van der Waals surface area contributed by atoms with Gasteiger partial charge in [0.05, 0.1) is 25.1 Å². The van der Waals surface area contributed by atoms with Crippen molar-refractivity contribution in [2.24, 2.45) is 0 Å². The van der Waals surface area contributed by atoms with Gasteiger partial charge < -0.3 is 14.9 Å². The van der Waals surface area contributed by atoms with E-state index in [1.807, 2.05) is 54.6 Å². The highest BCUT2D eigenvalue weighted by Gasteiger charge is 2.55. The van der Waals surface area contributed by atoms with Gasteiger partial charge in [-0.2, -0.15) is 0 Å². The molecule has 2 aliphatic heterocycles. The Morgan fingerprint density at radius 2 is 1.72 bits per heavy atom. The molecule has 2 amide bonds. The Morgan fingerprint density at radius 3 is 2.47 bits per heavy atom. The van der Waals surface area contributed by atoms with Gasteiger partial charge in [-0.15, -0.1) is 0 Å². The van der Waals surface area contributed by atoms with Crippen molar-refractivity contribution in [3.8, 4) is 0 Å². The summed E-state index contributed by atoms with van der Waals surface area (Å²) in [4.78, 5) is 29.8. The van der Waals surface area contributed by atoms with Gasteiger partial charge in [0.25, 0.3) is 5.91 Å². The number of para-hydroxylation sites is 1. The number of anilines is 1. The topological polar surface area (TPSA) is 60.9 Å². The molecular formula is C26H23FN2O3. The van der Waals surface area contributed by atoms with E-state index in [0.29, 0.717) is 6.54 Å². The van der Waals surface area contributed by atoms with Crippen LogP contribution in [-0.4, -0.2) is 47.1 Å². The number of carbonyl (C=O) groups is 2. The first-order valence-electron chi connectivity index (χ1n) is 10.7. The van der Waals surface area contributed by atoms with E-state index in [2.05, 4.69) is 0 Å². The quantitative estimate of drug-likeness (QED) is 0.690. The predicted octanol–water partition coefficient (Wildman–Crippen LogP) is 3.38. The number of hydrogen-bond acceptors (Lipinski definition) is 3. The number of carbonyl (C=O) groups excluding carboxylic acids is 2. The van der Waals surface area contributed by atoms with Gasteiger partial charge in [-0.05, 0) is 35.4 Å². The molecular weight excluding hydrogens is 407 g/mol. The third kappa shape index (κ3) is 3.37. The summed E-state index contributed by atoms with van der Waals surface area (Å²) in [6.07, 6.45) is 0.236. The molecule has 1 fully saturated rings. The Bertz CT molecular complexity index is 1170. The first kappa shape index (κ1) is 20.4. The molecule has 0 spiro atoms. The van der Waals surface area contributed by atoms with E-state index in [4.69, 9.17) is 0 Å². The van der Waals surface area contributed by atoms with Crippen molar-refractivity contribution < 1.29 is 19.1 Å². The lowest BCUT2D eigenvalue weighted by atomic mass is 9.71. The number of amides is 2. The van der Waals surface area contributed by atoms with E-state index in [-0.39, 0.29) is 48.4 Å². The number of fused-ring (bicyclic) bond motifs is 3. The lowest BCUT2D eigenvalue weighted by molar-refractivity contribution is -0.149. The van der Waals surface area contributed by atoms with Crippen LogP contribution in [0.5, 0.6) is 0 Å². The zero-order chi connectivity index (χ0) is 22.2. The van der Waals surface area contributed by atoms with Crippen molar-refractivity contribution in [1.29, 1.82) is 0 Å². The first-order chi connectivity index (χ1) is 15.6. The number of aliphatic hydroxyl groups excluding tert-OH is 1. The number of hydrogen-bond donors (Lipinski definition) is 1. The molecule has 3 aromatic carbocycles. The second-order valence-electron chi connectivity index (χ2n) is 8.29. The molecule has 3 atom stereocenters. The molecule has 1 N–H and O–H groups in total. The molecule has 0 bridgehead atoms. The van der Waals surface area contributed by atoms with E-state index in [9.17, 15) is 19.1 Å². The lowest BCUT2D eigenvalue weighted by Gasteiger charge is -2.59. The van der Waals surface area contributed by atoms with Crippen LogP contribution < -0.4 is 4.90 Å². The van der Waals surface area contributed by atoms with Crippen molar-refractivity contribution in [1.82, 2.24) is 4.90 Å². The van der Waals surface area contributed by atoms with E-state index in [0.717, 1.165) is 16.8 Å². The zero-order valence-electron chi connectivity index (χ0n) is 17.4. The molecule has 162 valence electrons. The zero-order valence-corrected chi connectivity index (χ0v) is 17.4. The third-order valence-electron chi connectivity index (χ3n) is 6.49. The van der Waals surface area contributed by atoms with E-state index >= 15 is 0 Å². The summed E-state index contributed by atoms with van der Waals surface area (Å²) in [7, 11) is 0. The minimum Gasteiger partial charge on any atom is -0.394 e. The normalized spacial score (nSPS) is 21.4. The molecule has 0 radical (unpaired) electrons. The van der Waals surface area contributed by atoms with Crippen LogP contribution in [0.3, 0.4) is 0 Å². The average molecular weight is 430 g/mol. The smallest absolute Gasteiger partial charge is 0.258 e. The summed E-state index contributed by atoms with van der Waals surface area (Å²) in [5.41, 5.74) is 2.84. The fourth-order valence-electron chi connectivity index (χ4n) is 5.07. The van der Waals surface area contributed by atoms with Gasteiger partial charge >= 0.3 is 0 Å². The van der Waals surface area contributed by atoms with Crippen LogP contribution in [-0.2, 0) is 11.2 Å². The van der Waals surface area contributed by atoms with Crippen molar-refractivity contribution in [2.75, 3.05) is 18.1 Å². The molecule has 1 saturated heterocycles. The van der Waals surface area contributed by atoms with Crippen LogP contribution in [0.25, 0.3) is 0 Å². The minimum absolute atomic E-state index is 0.0486.